The van der Waals surface area contributed by atoms with Gasteiger partial charge in [0.05, 0.1) is 6.10 Å². The first-order chi connectivity index (χ1) is 9.15. The number of rotatable bonds is 9. The highest BCUT2D eigenvalue weighted by Gasteiger charge is 2.11. The van der Waals surface area contributed by atoms with Gasteiger partial charge in [0.15, 0.2) is 0 Å². The Morgan fingerprint density at radius 3 is 2.74 bits per heavy atom. The number of ether oxygens (including phenoxy) is 1. The molecule has 0 amide bonds. The smallest absolute Gasteiger partial charge is 0.0543 e. The lowest BCUT2D eigenvalue weighted by Crippen LogP contribution is -2.32. The van der Waals surface area contributed by atoms with Gasteiger partial charge in [-0.15, -0.1) is 0 Å². The fourth-order valence-corrected chi connectivity index (χ4v) is 2.57. The highest BCUT2D eigenvalue weighted by Crippen LogP contribution is 2.15. The minimum absolute atomic E-state index is 0.341. The van der Waals surface area contributed by atoms with Crippen LogP contribution in [0.2, 0.25) is 0 Å². The van der Waals surface area contributed by atoms with E-state index >= 15 is 0 Å². The summed E-state index contributed by atoms with van der Waals surface area (Å²) < 4.78 is 6.50. The van der Waals surface area contributed by atoms with Crippen LogP contribution in [-0.2, 0) is 11.2 Å². The molecular weight excluding hydrogens is 302 g/mol. The first-order valence-corrected chi connectivity index (χ1v) is 7.95. The largest absolute Gasteiger partial charge is 0.382 e. The predicted octanol–water partition coefficient (Wildman–Crippen LogP) is 4.17. The molecule has 0 aliphatic rings. The summed E-state index contributed by atoms with van der Waals surface area (Å²) in [5, 5.41) is 3.65. The van der Waals surface area contributed by atoms with E-state index in [0.717, 1.165) is 30.3 Å². The van der Waals surface area contributed by atoms with Gasteiger partial charge in [0.1, 0.15) is 0 Å². The predicted molar refractivity (Wildman–Crippen MR) is 85.6 cm³/mol. The first kappa shape index (κ1) is 16.7. The van der Waals surface area contributed by atoms with Gasteiger partial charge in [-0.3, -0.25) is 0 Å². The van der Waals surface area contributed by atoms with Gasteiger partial charge >= 0.3 is 0 Å². The maximum Gasteiger partial charge on any atom is 0.0543 e. The van der Waals surface area contributed by atoms with E-state index < -0.39 is 0 Å². The van der Waals surface area contributed by atoms with Crippen molar-refractivity contribution >= 4 is 15.9 Å². The Hall–Kier alpha value is -0.380. The maximum absolute atomic E-state index is 5.34. The number of methoxy groups -OCH3 is 1. The van der Waals surface area contributed by atoms with Crippen LogP contribution in [0.5, 0.6) is 0 Å². The van der Waals surface area contributed by atoms with Crippen molar-refractivity contribution in [3.8, 4) is 0 Å². The van der Waals surface area contributed by atoms with Crippen molar-refractivity contribution in [2.24, 2.45) is 0 Å². The van der Waals surface area contributed by atoms with Crippen LogP contribution in [0.15, 0.2) is 28.7 Å². The quantitative estimate of drug-likeness (QED) is 0.734. The third-order valence-electron chi connectivity index (χ3n) is 3.38. The Morgan fingerprint density at radius 2 is 2.11 bits per heavy atom. The molecule has 2 nitrogen and oxygen atoms in total. The maximum atomic E-state index is 5.34. The van der Waals surface area contributed by atoms with Gasteiger partial charge in [-0.25, -0.2) is 0 Å². The fourth-order valence-electron chi connectivity index (χ4n) is 2.13. The summed E-state index contributed by atoms with van der Waals surface area (Å²) in [6, 6.07) is 9.12. The van der Waals surface area contributed by atoms with Gasteiger partial charge in [-0.05, 0) is 56.8 Å². The number of hydrogen-bond donors (Lipinski definition) is 1. The molecule has 2 atom stereocenters. The molecule has 1 aromatic rings. The van der Waals surface area contributed by atoms with E-state index in [1.54, 1.807) is 7.11 Å². The van der Waals surface area contributed by atoms with Crippen molar-refractivity contribution < 1.29 is 4.74 Å². The summed E-state index contributed by atoms with van der Waals surface area (Å²) in [6.07, 6.45) is 4.85. The third kappa shape index (κ3) is 7.09. The Labute approximate surface area is 126 Å². The summed E-state index contributed by atoms with van der Waals surface area (Å²) in [5.74, 6) is 0. The van der Waals surface area contributed by atoms with E-state index in [-0.39, 0.29) is 0 Å². The van der Waals surface area contributed by atoms with Gasteiger partial charge in [0.25, 0.3) is 0 Å². The molecule has 0 saturated heterocycles. The summed E-state index contributed by atoms with van der Waals surface area (Å²) >= 11 is 3.54. The minimum atomic E-state index is 0.341. The number of halogens is 1. The molecule has 0 saturated carbocycles. The van der Waals surface area contributed by atoms with Crippen LogP contribution in [-0.4, -0.2) is 25.8 Å². The molecule has 0 aliphatic heterocycles. The molecule has 1 rings (SSSR count). The highest BCUT2D eigenvalue weighted by molar-refractivity contribution is 9.10. The van der Waals surface area contributed by atoms with E-state index in [9.17, 15) is 0 Å². The fraction of sp³-hybridized carbons (Fsp3) is 0.625. The Bertz CT molecular complexity index is 356. The second kappa shape index (κ2) is 9.51. The average Bonchev–Trinajstić information content (AvgIpc) is 2.41. The van der Waals surface area contributed by atoms with Crippen molar-refractivity contribution in [3.63, 3.8) is 0 Å². The van der Waals surface area contributed by atoms with Gasteiger partial charge in [0.2, 0.25) is 0 Å². The molecule has 0 radical (unpaired) electrons. The average molecular weight is 328 g/mol. The zero-order valence-corrected chi connectivity index (χ0v) is 13.9. The molecule has 0 heterocycles. The van der Waals surface area contributed by atoms with E-state index in [0.29, 0.717) is 12.1 Å². The van der Waals surface area contributed by atoms with Crippen LogP contribution in [0, 0.1) is 0 Å². The SMILES string of the molecule is CCCNC(CCC(C)OC)Cc1cccc(Br)c1. The Morgan fingerprint density at radius 1 is 1.32 bits per heavy atom. The Kier molecular flexibility index (Phi) is 8.35. The molecule has 0 spiro atoms. The highest BCUT2D eigenvalue weighted by atomic mass is 79.9. The molecule has 0 fully saturated rings. The normalized spacial score (nSPS) is 14.3. The van der Waals surface area contributed by atoms with Crippen molar-refractivity contribution in [1.29, 1.82) is 0 Å². The molecule has 108 valence electrons. The molecule has 0 aliphatic carbocycles. The minimum Gasteiger partial charge on any atom is -0.382 e. The zero-order valence-electron chi connectivity index (χ0n) is 12.3. The third-order valence-corrected chi connectivity index (χ3v) is 3.87. The van der Waals surface area contributed by atoms with Gasteiger partial charge in [0, 0.05) is 17.6 Å². The molecule has 3 heteroatoms. The van der Waals surface area contributed by atoms with Crippen molar-refractivity contribution in [2.45, 2.75) is 51.7 Å². The van der Waals surface area contributed by atoms with Crippen LogP contribution in [0.3, 0.4) is 0 Å². The number of hydrogen-bond acceptors (Lipinski definition) is 2. The van der Waals surface area contributed by atoms with Crippen LogP contribution >= 0.6 is 15.9 Å². The summed E-state index contributed by atoms with van der Waals surface area (Å²) in [6.45, 7) is 5.43. The lowest BCUT2D eigenvalue weighted by Gasteiger charge is -2.20. The molecular formula is C16H26BrNO. The Balaban J connectivity index is 2.53. The molecule has 1 N–H and O–H groups in total. The van der Waals surface area contributed by atoms with E-state index in [4.69, 9.17) is 4.74 Å². The molecule has 0 bridgehead atoms. The second-order valence-corrected chi connectivity index (χ2v) is 6.02. The zero-order chi connectivity index (χ0) is 14.1. The standard InChI is InChI=1S/C16H26BrNO/c1-4-10-18-16(9-8-13(2)19-3)12-14-6-5-7-15(17)11-14/h5-7,11,13,16,18H,4,8-10,12H2,1-3H3. The van der Waals surface area contributed by atoms with Crippen LogP contribution in [0.1, 0.15) is 38.7 Å². The van der Waals surface area contributed by atoms with E-state index in [1.807, 2.05) is 0 Å². The molecule has 1 aromatic carbocycles. The molecule has 0 aromatic heterocycles. The second-order valence-electron chi connectivity index (χ2n) is 5.11. The van der Waals surface area contributed by atoms with Crippen LogP contribution < -0.4 is 5.32 Å². The summed E-state index contributed by atoms with van der Waals surface area (Å²) in [5.41, 5.74) is 1.38. The lowest BCUT2D eigenvalue weighted by molar-refractivity contribution is 0.106. The summed E-state index contributed by atoms with van der Waals surface area (Å²) in [7, 11) is 1.79. The molecule has 19 heavy (non-hydrogen) atoms. The van der Waals surface area contributed by atoms with Crippen LogP contribution in [0.4, 0.5) is 0 Å². The van der Waals surface area contributed by atoms with Crippen LogP contribution in [0.25, 0.3) is 0 Å². The number of nitrogens with one attached hydrogen (secondary N) is 1. The first-order valence-electron chi connectivity index (χ1n) is 7.16. The topological polar surface area (TPSA) is 21.3 Å². The summed E-state index contributed by atoms with van der Waals surface area (Å²) in [4.78, 5) is 0. The van der Waals surface area contributed by atoms with E-state index in [1.165, 1.54) is 12.0 Å². The number of benzene rings is 1. The monoisotopic (exact) mass is 327 g/mol. The van der Waals surface area contributed by atoms with Crippen molar-refractivity contribution in [1.82, 2.24) is 5.32 Å². The van der Waals surface area contributed by atoms with Gasteiger partial charge < -0.3 is 10.1 Å². The van der Waals surface area contributed by atoms with Crippen molar-refractivity contribution in [3.05, 3.63) is 34.3 Å². The lowest BCUT2D eigenvalue weighted by atomic mass is 10.0. The van der Waals surface area contributed by atoms with E-state index in [2.05, 4.69) is 59.4 Å². The van der Waals surface area contributed by atoms with Gasteiger partial charge in [-0.1, -0.05) is 35.0 Å². The molecule has 2 unspecified atom stereocenters. The van der Waals surface area contributed by atoms with Gasteiger partial charge in [-0.2, -0.15) is 0 Å². The van der Waals surface area contributed by atoms with Crippen molar-refractivity contribution in [2.75, 3.05) is 13.7 Å².